The molecule has 144 valence electrons. The summed E-state index contributed by atoms with van der Waals surface area (Å²) in [7, 11) is 3.33. The lowest BCUT2D eigenvalue weighted by atomic mass is 10.0. The minimum atomic E-state index is -0.763. The first-order valence-electron chi connectivity index (χ1n) is 8.85. The molecule has 6 nitrogen and oxygen atoms in total. The highest BCUT2D eigenvalue weighted by Crippen LogP contribution is 2.36. The van der Waals surface area contributed by atoms with E-state index in [0.717, 1.165) is 5.56 Å². The lowest BCUT2D eigenvalue weighted by Crippen LogP contribution is -2.51. The van der Waals surface area contributed by atoms with Crippen LogP contribution in [-0.2, 0) is 9.59 Å². The molecule has 0 radical (unpaired) electrons. The van der Waals surface area contributed by atoms with Gasteiger partial charge in [-0.2, -0.15) is 0 Å². The minimum Gasteiger partial charge on any atom is -0.488 e. The van der Waals surface area contributed by atoms with E-state index >= 15 is 0 Å². The number of anilines is 1. The Balaban J connectivity index is 1.69. The van der Waals surface area contributed by atoms with Crippen molar-refractivity contribution in [1.29, 1.82) is 0 Å². The van der Waals surface area contributed by atoms with Crippen LogP contribution in [0.2, 0.25) is 5.02 Å². The fourth-order valence-electron chi connectivity index (χ4n) is 3.29. The van der Waals surface area contributed by atoms with Crippen LogP contribution in [0.1, 0.15) is 5.56 Å². The van der Waals surface area contributed by atoms with Gasteiger partial charge in [-0.25, -0.2) is 0 Å². The topological polar surface area (TPSA) is 59.1 Å². The third-order valence-electron chi connectivity index (χ3n) is 4.69. The number of carbonyl (C=O) groups is 2. The highest BCUT2D eigenvalue weighted by molar-refractivity contribution is 6.30. The van der Waals surface area contributed by atoms with Crippen molar-refractivity contribution in [2.45, 2.75) is 6.10 Å². The fourth-order valence-corrected chi connectivity index (χ4v) is 3.47. The zero-order valence-electron chi connectivity index (χ0n) is 15.5. The van der Waals surface area contributed by atoms with Gasteiger partial charge >= 0.3 is 0 Å². The van der Waals surface area contributed by atoms with E-state index in [-0.39, 0.29) is 25.0 Å². The van der Waals surface area contributed by atoms with Crippen LogP contribution in [0.15, 0.2) is 48.0 Å². The van der Waals surface area contributed by atoms with E-state index in [1.807, 2.05) is 12.1 Å². The molecule has 4 rings (SSSR count). The molecule has 0 spiro atoms. The number of halogens is 1. The highest BCUT2D eigenvalue weighted by atomic mass is 35.5. The molecule has 2 aliphatic rings. The van der Waals surface area contributed by atoms with E-state index in [0.29, 0.717) is 27.8 Å². The average Bonchev–Trinajstić information content (AvgIpc) is 2.71. The zero-order valence-corrected chi connectivity index (χ0v) is 16.3. The van der Waals surface area contributed by atoms with E-state index in [1.165, 1.54) is 4.90 Å². The second-order valence-corrected chi connectivity index (χ2v) is 7.30. The van der Waals surface area contributed by atoms with Crippen molar-refractivity contribution in [2.75, 3.05) is 32.1 Å². The molecule has 0 bridgehead atoms. The Hall–Kier alpha value is -2.99. The summed E-state index contributed by atoms with van der Waals surface area (Å²) in [6.07, 6.45) is 1.02. The molecule has 0 unspecified atom stereocenters. The third-order valence-corrected chi connectivity index (χ3v) is 4.93. The summed E-state index contributed by atoms with van der Waals surface area (Å²) < 4.78 is 11.6. The number of carbonyl (C=O) groups excluding carboxylic acids is 2. The van der Waals surface area contributed by atoms with E-state index in [9.17, 15) is 9.59 Å². The van der Waals surface area contributed by atoms with Crippen LogP contribution < -0.4 is 14.4 Å². The van der Waals surface area contributed by atoms with Crippen molar-refractivity contribution in [3.8, 4) is 11.5 Å². The molecule has 0 aliphatic carbocycles. The highest BCUT2D eigenvalue weighted by Gasteiger charge is 2.36. The zero-order chi connectivity index (χ0) is 19.8. The van der Waals surface area contributed by atoms with Gasteiger partial charge in [-0.15, -0.1) is 0 Å². The lowest BCUT2D eigenvalue weighted by Gasteiger charge is -2.35. The first-order chi connectivity index (χ1) is 13.4. The predicted octanol–water partition coefficient (Wildman–Crippen LogP) is 3.00. The summed E-state index contributed by atoms with van der Waals surface area (Å²) in [4.78, 5) is 28.8. The van der Waals surface area contributed by atoms with Crippen molar-refractivity contribution in [2.24, 2.45) is 0 Å². The maximum Gasteiger partial charge on any atom is 0.265 e. The molecule has 0 N–H and O–H groups in total. The first-order valence-corrected chi connectivity index (χ1v) is 9.23. The summed E-state index contributed by atoms with van der Waals surface area (Å²) in [5.41, 5.74) is 1.88. The first kappa shape index (κ1) is 18.4. The normalized spacial score (nSPS) is 17.5. The molecule has 0 fully saturated rings. The number of hydrogen-bond acceptors (Lipinski definition) is 4. The minimum absolute atomic E-state index is 0.132. The molecule has 28 heavy (non-hydrogen) atoms. The molecule has 2 aromatic rings. The van der Waals surface area contributed by atoms with Crippen LogP contribution in [0, 0.1) is 0 Å². The van der Waals surface area contributed by atoms with E-state index < -0.39 is 6.10 Å². The van der Waals surface area contributed by atoms with Crippen molar-refractivity contribution in [1.82, 2.24) is 4.90 Å². The van der Waals surface area contributed by atoms with Crippen LogP contribution >= 0.6 is 11.6 Å². The average molecular weight is 399 g/mol. The van der Waals surface area contributed by atoms with Gasteiger partial charge in [0.1, 0.15) is 18.1 Å². The number of hydrogen-bond donors (Lipinski definition) is 0. The number of likely N-dealkylation sites (N-methyl/N-ethyl adjacent to an activating group) is 1. The molecule has 0 aromatic heterocycles. The molecule has 7 heteroatoms. The molecular formula is C21H19ClN2O4. The molecule has 2 aliphatic heterocycles. The predicted molar refractivity (Wildman–Crippen MR) is 107 cm³/mol. The Labute approximate surface area is 167 Å². The van der Waals surface area contributed by atoms with Gasteiger partial charge < -0.3 is 19.3 Å². The van der Waals surface area contributed by atoms with Crippen molar-refractivity contribution in [3.05, 3.63) is 58.6 Å². The standard InChI is InChI=1S/C21H19ClN2O4/c1-23(2)21(26)19-11-24(16-5-3-4-6-18(16)28-19)20(25)14-9-13-10-15(22)7-8-17(13)27-12-14/h3-10,19H,11-12H2,1-2H3/t19-/m1/s1. The number of amides is 2. The summed E-state index contributed by atoms with van der Waals surface area (Å²) in [5, 5.41) is 0.570. The van der Waals surface area contributed by atoms with E-state index in [4.69, 9.17) is 21.1 Å². The summed E-state index contributed by atoms with van der Waals surface area (Å²) in [6, 6.07) is 12.5. The Bertz CT molecular complexity index is 986. The number of rotatable bonds is 2. The maximum atomic E-state index is 13.3. The molecule has 2 amide bonds. The Morgan fingerprint density at radius 2 is 1.93 bits per heavy atom. The van der Waals surface area contributed by atoms with E-state index in [1.54, 1.807) is 55.4 Å². The number of para-hydroxylation sites is 2. The van der Waals surface area contributed by atoms with Gasteiger partial charge in [0, 0.05) is 24.7 Å². The van der Waals surface area contributed by atoms with E-state index in [2.05, 4.69) is 0 Å². The Morgan fingerprint density at radius 1 is 1.14 bits per heavy atom. The van der Waals surface area contributed by atoms with Crippen molar-refractivity contribution < 1.29 is 19.1 Å². The third kappa shape index (κ3) is 3.31. The Kier molecular flexibility index (Phi) is 4.73. The molecular weight excluding hydrogens is 380 g/mol. The van der Waals surface area contributed by atoms with Crippen molar-refractivity contribution in [3.63, 3.8) is 0 Å². The molecule has 0 saturated heterocycles. The Morgan fingerprint density at radius 3 is 2.71 bits per heavy atom. The molecule has 2 aromatic carbocycles. The molecule has 2 heterocycles. The second kappa shape index (κ2) is 7.20. The summed E-state index contributed by atoms with van der Waals surface area (Å²) in [5.74, 6) is 0.767. The van der Waals surface area contributed by atoms with Crippen LogP contribution in [0.5, 0.6) is 11.5 Å². The van der Waals surface area contributed by atoms with Gasteiger partial charge in [0.2, 0.25) is 0 Å². The van der Waals surface area contributed by atoms with Crippen LogP contribution in [-0.4, -0.2) is 50.1 Å². The molecule has 1 atom stereocenters. The quantitative estimate of drug-likeness (QED) is 0.780. The van der Waals surface area contributed by atoms with Gasteiger partial charge in [-0.3, -0.25) is 9.59 Å². The van der Waals surface area contributed by atoms with Gasteiger partial charge in [0.25, 0.3) is 11.8 Å². The number of fused-ring (bicyclic) bond motifs is 2. The number of benzene rings is 2. The fraction of sp³-hybridized carbons (Fsp3) is 0.238. The summed E-state index contributed by atoms with van der Waals surface area (Å²) >= 11 is 6.06. The van der Waals surface area contributed by atoms with Crippen LogP contribution in [0.3, 0.4) is 0 Å². The monoisotopic (exact) mass is 398 g/mol. The van der Waals surface area contributed by atoms with Crippen LogP contribution in [0.25, 0.3) is 6.08 Å². The SMILES string of the molecule is CN(C)C(=O)[C@H]1CN(C(=O)C2=Cc3cc(Cl)ccc3OC2)c2ccccc2O1. The number of ether oxygens (including phenoxy) is 2. The molecule has 0 saturated carbocycles. The maximum absolute atomic E-state index is 13.3. The number of nitrogens with zero attached hydrogens (tertiary/aromatic N) is 2. The lowest BCUT2D eigenvalue weighted by molar-refractivity contribution is -0.136. The largest absolute Gasteiger partial charge is 0.488 e. The second-order valence-electron chi connectivity index (χ2n) is 6.86. The van der Waals surface area contributed by atoms with Crippen LogP contribution in [0.4, 0.5) is 5.69 Å². The van der Waals surface area contributed by atoms with Gasteiger partial charge in [0.05, 0.1) is 17.8 Å². The van der Waals surface area contributed by atoms with Gasteiger partial charge in [-0.05, 0) is 36.4 Å². The van der Waals surface area contributed by atoms with Gasteiger partial charge in [0.15, 0.2) is 6.10 Å². The summed E-state index contributed by atoms with van der Waals surface area (Å²) in [6.45, 7) is 0.284. The van der Waals surface area contributed by atoms with Gasteiger partial charge in [-0.1, -0.05) is 23.7 Å². The smallest absolute Gasteiger partial charge is 0.265 e. The van der Waals surface area contributed by atoms with Crippen molar-refractivity contribution >= 4 is 35.2 Å².